The first-order chi connectivity index (χ1) is 13.1. The van der Waals surface area contributed by atoms with Crippen molar-refractivity contribution in [2.75, 3.05) is 5.32 Å². The van der Waals surface area contributed by atoms with Crippen LogP contribution in [-0.4, -0.2) is 10.9 Å². The van der Waals surface area contributed by atoms with Crippen molar-refractivity contribution < 1.29 is 4.79 Å². The van der Waals surface area contributed by atoms with Gasteiger partial charge in [-0.3, -0.25) is 9.78 Å². The highest BCUT2D eigenvalue weighted by atomic mass is 35.5. The van der Waals surface area contributed by atoms with E-state index in [4.69, 9.17) is 11.6 Å². The second-order valence-corrected chi connectivity index (χ2v) is 7.95. The summed E-state index contributed by atoms with van der Waals surface area (Å²) in [5.74, 6) is 0.106. The van der Waals surface area contributed by atoms with Gasteiger partial charge in [-0.05, 0) is 49.1 Å². The summed E-state index contributed by atoms with van der Waals surface area (Å²) in [5, 5.41) is 4.91. The Morgan fingerprint density at radius 3 is 2.56 bits per heavy atom. The Morgan fingerprint density at radius 2 is 1.78 bits per heavy atom. The van der Waals surface area contributed by atoms with Gasteiger partial charge >= 0.3 is 0 Å². The second-order valence-electron chi connectivity index (χ2n) is 7.52. The fraction of sp³-hybridized carbons (Fsp3) is 0.304. The normalized spacial score (nSPS) is 16.2. The van der Waals surface area contributed by atoms with Crippen molar-refractivity contribution in [3.8, 4) is 0 Å². The molecule has 2 aromatic carbocycles. The number of halogens is 1. The molecule has 27 heavy (non-hydrogen) atoms. The quantitative estimate of drug-likeness (QED) is 0.603. The van der Waals surface area contributed by atoms with E-state index >= 15 is 0 Å². The standard InChI is InChI=1S/C23H23ClN2O/c24-19-10-8-17(9-11-19)15-23(12-4-1-5-13-23)22(27)26-20-14-18-6-2-3-7-21(18)25-16-20/h2-3,6-11,14,16H,1,4-5,12-13,15H2,(H,26,27). The Kier molecular flexibility index (Phi) is 5.13. The summed E-state index contributed by atoms with van der Waals surface area (Å²) < 4.78 is 0. The highest BCUT2D eigenvalue weighted by Crippen LogP contribution is 2.40. The monoisotopic (exact) mass is 378 g/mol. The number of rotatable bonds is 4. The zero-order valence-corrected chi connectivity index (χ0v) is 16.0. The lowest BCUT2D eigenvalue weighted by molar-refractivity contribution is -0.127. The molecule has 4 heteroatoms. The molecule has 3 nitrogen and oxygen atoms in total. The van der Waals surface area contributed by atoms with Crippen LogP contribution in [0.3, 0.4) is 0 Å². The van der Waals surface area contributed by atoms with Gasteiger partial charge in [0.1, 0.15) is 0 Å². The Hall–Kier alpha value is -2.39. The highest BCUT2D eigenvalue weighted by molar-refractivity contribution is 6.30. The number of benzene rings is 2. The molecule has 1 amide bonds. The lowest BCUT2D eigenvalue weighted by Crippen LogP contribution is -2.40. The van der Waals surface area contributed by atoms with E-state index in [0.717, 1.165) is 59.3 Å². The summed E-state index contributed by atoms with van der Waals surface area (Å²) in [4.78, 5) is 17.8. The summed E-state index contributed by atoms with van der Waals surface area (Å²) in [6.07, 6.45) is 7.72. The molecule has 0 spiro atoms. The average molecular weight is 379 g/mol. The number of pyridine rings is 1. The summed E-state index contributed by atoms with van der Waals surface area (Å²) >= 11 is 6.02. The number of hydrogen-bond donors (Lipinski definition) is 1. The van der Waals surface area contributed by atoms with Gasteiger partial charge in [0.25, 0.3) is 0 Å². The number of amides is 1. The van der Waals surface area contributed by atoms with E-state index < -0.39 is 0 Å². The number of anilines is 1. The van der Waals surface area contributed by atoms with E-state index in [9.17, 15) is 4.79 Å². The van der Waals surface area contributed by atoms with Crippen LogP contribution in [0.4, 0.5) is 5.69 Å². The molecule has 1 N–H and O–H groups in total. The Bertz CT molecular complexity index is 946. The SMILES string of the molecule is O=C(Nc1cnc2ccccc2c1)C1(Cc2ccc(Cl)cc2)CCCCC1. The van der Waals surface area contributed by atoms with Crippen molar-refractivity contribution in [1.29, 1.82) is 0 Å². The minimum absolute atomic E-state index is 0.106. The summed E-state index contributed by atoms with van der Waals surface area (Å²) in [7, 11) is 0. The van der Waals surface area contributed by atoms with Crippen LogP contribution in [0.2, 0.25) is 5.02 Å². The number of aromatic nitrogens is 1. The molecule has 1 aliphatic rings. The van der Waals surface area contributed by atoms with Gasteiger partial charge in [-0.1, -0.05) is 61.2 Å². The molecule has 1 heterocycles. The van der Waals surface area contributed by atoms with Gasteiger partial charge in [0.05, 0.1) is 22.8 Å². The highest BCUT2D eigenvalue weighted by Gasteiger charge is 2.39. The molecule has 4 rings (SSSR count). The van der Waals surface area contributed by atoms with E-state index in [2.05, 4.69) is 10.3 Å². The van der Waals surface area contributed by atoms with E-state index in [-0.39, 0.29) is 11.3 Å². The van der Waals surface area contributed by atoms with Gasteiger partial charge in [0.15, 0.2) is 0 Å². The number of nitrogens with one attached hydrogen (secondary N) is 1. The van der Waals surface area contributed by atoms with Crippen LogP contribution in [0.15, 0.2) is 60.8 Å². The molecule has 138 valence electrons. The summed E-state index contributed by atoms with van der Waals surface area (Å²) in [6, 6.07) is 17.8. The van der Waals surface area contributed by atoms with Crippen molar-refractivity contribution in [1.82, 2.24) is 4.98 Å². The number of nitrogens with zero attached hydrogens (tertiary/aromatic N) is 1. The number of fused-ring (bicyclic) bond motifs is 1. The maximum Gasteiger partial charge on any atom is 0.230 e. The fourth-order valence-corrected chi connectivity index (χ4v) is 4.23. The molecule has 0 bridgehead atoms. The molecule has 1 saturated carbocycles. The van der Waals surface area contributed by atoms with Gasteiger partial charge in [-0.15, -0.1) is 0 Å². The van der Waals surface area contributed by atoms with Crippen LogP contribution < -0.4 is 5.32 Å². The third-order valence-electron chi connectivity index (χ3n) is 5.60. The predicted molar refractivity (Wildman–Crippen MR) is 111 cm³/mol. The fourth-order valence-electron chi connectivity index (χ4n) is 4.11. The maximum atomic E-state index is 13.3. The third kappa shape index (κ3) is 3.98. The molecule has 1 fully saturated rings. The first-order valence-electron chi connectivity index (χ1n) is 9.55. The topological polar surface area (TPSA) is 42.0 Å². The van der Waals surface area contributed by atoms with Crippen LogP contribution in [0.1, 0.15) is 37.7 Å². The third-order valence-corrected chi connectivity index (χ3v) is 5.85. The molecule has 1 aromatic heterocycles. The average Bonchev–Trinajstić information content (AvgIpc) is 2.70. The Labute approximate surface area is 164 Å². The Morgan fingerprint density at radius 1 is 1.04 bits per heavy atom. The second kappa shape index (κ2) is 7.69. The Balaban J connectivity index is 1.58. The lowest BCUT2D eigenvalue weighted by atomic mass is 9.69. The zero-order valence-electron chi connectivity index (χ0n) is 15.2. The van der Waals surface area contributed by atoms with Crippen molar-refractivity contribution in [2.45, 2.75) is 38.5 Å². The van der Waals surface area contributed by atoms with Crippen LogP contribution in [0.25, 0.3) is 10.9 Å². The van der Waals surface area contributed by atoms with Crippen molar-refractivity contribution in [2.24, 2.45) is 5.41 Å². The van der Waals surface area contributed by atoms with Crippen LogP contribution in [0.5, 0.6) is 0 Å². The molecular formula is C23H23ClN2O. The molecule has 3 aromatic rings. The van der Waals surface area contributed by atoms with Crippen LogP contribution in [0, 0.1) is 5.41 Å². The molecule has 0 radical (unpaired) electrons. The van der Waals surface area contributed by atoms with Gasteiger partial charge in [-0.2, -0.15) is 0 Å². The van der Waals surface area contributed by atoms with E-state index in [1.807, 2.05) is 54.6 Å². The van der Waals surface area contributed by atoms with Crippen molar-refractivity contribution in [3.05, 3.63) is 71.4 Å². The molecular weight excluding hydrogens is 356 g/mol. The first-order valence-corrected chi connectivity index (χ1v) is 9.93. The molecule has 0 unspecified atom stereocenters. The molecule has 1 aliphatic carbocycles. The molecule has 0 saturated heterocycles. The van der Waals surface area contributed by atoms with Gasteiger partial charge in [-0.25, -0.2) is 0 Å². The number of carbonyl (C=O) groups excluding carboxylic acids is 1. The smallest absolute Gasteiger partial charge is 0.230 e. The van der Waals surface area contributed by atoms with Crippen molar-refractivity contribution in [3.63, 3.8) is 0 Å². The minimum Gasteiger partial charge on any atom is -0.324 e. The summed E-state index contributed by atoms with van der Waals surface area (Å²) in [6.45, 7) is 0. The molecule has 0 aliphatic heterocycles. The number of para-hydroxylation sites is 1. The minimum atomic E-state index is -0.363. The number of carbonyl (C=O) groups is 1. The lowest BCUT2D eigenvalue weighted by Gasteiger charge is -2.36. The number of hydrogen-bond acceptors (Lipinski definition) is 2. The van der Waals surface area contributed by atoms with Crippen molar-refractivity contribution >= 4 is 34.1 Å². The van der Waals surface area contributed by atoms with Gasteiger partial charge in [0.2, 0.25) is 5.91 Å². The predicted octanol–water partition coefficient (Wildman–Crippen LogP) is 6.02. The summed E-state index contributed by atoms with van der Waals surface area (Å²) in [5.41, 5.74) is 2.49. The molecule has 0 atom stereocenters. The maximum absolute atomic E-state index is 13.3. The van der Waals surface area contributed by atoms with Gasteiger partial charge < -0.3 is 5.32 Å². The first kappa shape index (κ1) is 18.0. The van der Waals surface area contributed by atoms with Crippen LogP contribution >= 0.6 is 11.6 Å². The largest absolute Gasteiger partial charge is 0.324 e. The van der Waals surface area contributed by atoms with Gasteiger partial charge in [0, 0.05) is 10.4 Å². The van der Waals surface area contributed by atoms with Crippen LogP contribution in [-0.2, 0) is 11.2 Å². The zero-order chi connectivity index (χ0) is 18.7. The van der Waals surface area contributed by atoms with E-state index in [0.29, 0.717) is 0 Å². The van der Waals surface area contributed by atoms with E-state index in [1.54, 1.807) is 6.20 Å². The van der Waals surface area contributed by atoms with E-state index in [1.165, 1.54) is 6.42 Å².